The number of nitrogens with one attached hydrogen (secondary N) is 1. The molecule has 8 heteroatoms. The van der Waals surface area contributed by atoms with Crippen molar-refractivity contribution in [3.63, 3.8) is 0 Å². The normalized spacial score (nSPS) is 22.4. The fourth-order valence-electron chi connectivity index (χ4n) is 4.83. The van der Waals surface area contributed by atoms with Gasteiger partial charge < -0.3 is 19.5 Å². The fourth-order valence-corrected chi connectivity index (χ4v) is 5.47. The molecule has 1 aliphatic carbocycles. The third-order valence-corrected chi connectivity index (χ3v) is 7.00. The Labute approximate surface area is 184 Å². The van der Waals surface area contributed by atoms with E-state index in [1.807, 2.05) is 47.2 Å². The average Bonchev–Trinajstić information content (AvgIpc) is 3.53. The molecule has 2 bridgehead atoms. The van der Waals surface area contributed by atoms with Crippen molar-refractivity contribution in [3.8, 4) is 11.3 Å². The molecular weight excluding hydrogens is 414 g/mol. The lowest BCUT2D eigenvalue weighted by Gasteiger charge is -2.38. The van der Waals surface area contributed by atoms with Crippen LogP contribution >= 0.6 is 11.3 Å². The number of anilines is 1. The number of methoxy groups -OCH3 is 1. The molecule has 31 heavy (non-hydrogen) atoms. The predicted molar refractivity (Wildman–Crippen MR) is 117 cm³/mol. The zero-order valence-corrected chi connectivity index (χ0v) is 17.9. The summed E-state index contributed by atoms with van der Waals surface area (Å²) in [4.78, 5) is 27.3. The van der Waals surface area contributed by atoms with Crippen LogP contribution in [0.4, 0.5) is 5.82 Å². The molecule has 0 spiro atoms. The predicted octanol–water partition coefficient (Wildman–Crippen LogP) is 3.83. The molecular formula is C23H23N3O4S. The zero-order chi connectivity index (χ0) is 21.4. The van der Waals surface area contributed by atoms with Crippen molar-refractivity contribution >= 4 is 29.0 Å². The molecule has 7 nitrogen and oxygen atoms in total. The van der Waals surface area contributed by atoms with Gasteiger partial charge in [-0.05, 0) is 36.1 Å². The first-order valence-electron chi connectivity index (χ1n) is 10.4. The molecule has 160 valence electrons. The van der Waals surface area contributed by atoms with E-state index in [0.29, 0.717) is 47.6 Å². The second-order valence-electron chi connectivity index (χ2n) is 8.08. The second kappa shape index (κ2) is 8.19. The van der Waals surface area contributed by atoms with Gasteiger partial charge in [0, 0.05) is 35.6 Å². The molecule has 1 saturated carbocycles. The molecule has 0 radical (unpaired) electrons. The van der Waals surface area contributed by atoms with Crippen molar-refractivity contribution in [1.29, 1.82) is 0 Å². The van der Waals surface area contributed by atoms with Gasteiger partial charge in [0.1, 0.15) is 0 Å². The molecule has 1 aromatic carbocycles. The van der Waals surface area contributed by atoms with E-state index in [4.69, 9.17) is 9.26 Å². The Kier molecular flexibility index (Phi) is 5.23. The largest absolute Gasteiger partial charge is 0.465 e. The van der Waals surface area contributed by atoms with Gasteiger partial charge in [-0.2, -0.15) is 11.3 Å². The molecule has 1 amide bonds. The quantitative estimate of drug-likeness (QED) is 0.611. The minimum atomic E-state index is -0.463. The third kappa shape index (κ3) is 3.61. The summed E-state index contributed by atoms with van der Waals surface area (Å²) in [5.41, 5.74) is 1.85. The highest BCUT2D eigenvalue weighted by molar-refractivity contribution is 7.08. The van der Waals surface area contributed by atoms with E-state index in [2.05, 4.69) is 15.4 Å². The number of carbonyl (C=O) groups is 2. The minimum Gasteiger partial charge on any atom is -0.465 e. The van der Waals surface area contributed by atoms with Crippen molar-refractivity contribution in [2.75, 3.05) is 25.1 Å². The van der Waals surface area contributed by atoms with Gasteiger partial charge in [0.15, 0.2) is 17.1 Å². The van der Waals surface area contributed by atoms with Gasteiger partial charge >= 0.3 is 5.97 Å². The number of carbonyl (C=O) groups excluding carboxylic acids is 2. The molecule has 2 aliphatic rings. The number of benzene rings is 1. The maximum Gasteiger partial charge on any atom is 0.345 e. The SMILES string of the molecule is COC(=O)c1c(N2C[C@H]3CC[C@@H](C2)C3NC(=O)c2ccsc2)noc1-c1ccccc1. The molecule has 3 aromatic rings. The lowest BCUT2D eigenvalue weighted by Crippen LogP contribution is -2.53. The van der Waals surface area contributed by atoms with Gasteiger partial charge in [-0.1, -0.05) is 35.5 Å². The summed E-state index contributed by atoms with van der Waals surface area (Å²) >= 11 is 1.52. The smallest absolute Gasteiger partial charge is 0.345 e. The Bertz CT molecular complexity index is 1070. The Morgan fingerprint density at radius 1 is 1.16 bits per heavy atom. The number of nitrogens with zero attached hydrogens (tertiary/aromatic N) is 2. The number of rotatable bonds is 5. The first kappa shape index (κ1) is 19.8. The highest BCUT2D eigenvalue weighted by Gasteiger charge is 2.44. The van der Waals surface area contributed by atoms with Crippen LogP contribution in [0.15, 0.2) is 51.7 Å². The molecule has 2 aromatic heterocycles. The number of hydrogen-bond donors (Lipinski definition) is 1. The molecule has 5 rings (SSSR count). The van der Waals surface area contributed by atoms with Crippen LogP contribution in [-0.2, 0) is 4.74 Å². The summed E-state index contributed by atoms with van der Waals surface area (Å²) in [7, 11) is 1.36. The van der Waals surface area contributed by atoms with Crippen molar-refractivity contribution in [3.05, 3.63) is 58.3 Å². The standard InChI is InChI=1S/C23H23N3O4S/c1-29-23(28)18-20(14-5-3-2-4-6-14)30-25-21(18)26-11-15-7-8-16(12-26)19(15)24-22(27)17-9-10-31-13-17/h2-6,9-10,13,15-16,19H,7-8,11-12H2,1H3,(H,24,27)/t15-,16+,19?. The van der Waals surface area contributed by atoms with Gasteiger partial charge in [0.25, 0.3) is 5.91 Å². The number of aromatic nitrogens is 1. The van der Waals surface area contributed by atoms with Crippen LogP contribution in [0.25, 0.3) is 11.3 Å². The van der Waals surface area contributed by atoms with Gasteiger partial charge in [0.2, 0.25) is 0 Å². The Balaban J connectivity index is 1.40. The summed E-state index contributed by atoms with van der Waals surface area (Å²) in [6.45, 7) is 1.41. The van der Waals surface area contributed by atoms with Crippen molar-refractivity contribution in [1.82, 2.24) is 10.5 Å². The van der Waals surface area contributed by atoms with Crippen molar-refractivity contribution in [2.45, 2.75) is 18.9 Å². The van der Waals surface area contributed by atoms with Gasteiger partial charge in [-0.25, -0.2) is 4.79 Å². The number of fused-ring (bicyclic) bond motifs is 2. The Hall–Kier alpha value is -3.13. The Morgan fingerprint density at radius 3 is 2.55 bits per heavy atom. The third-order valence-electron chi connectivity index (χ3n) is 6.31. The van der Waals surface area contributed by atoms with E-state index < -0.39 is 5.97 Å². The van der Waals surface area contributed by atoms with Gasteiger partial charge in [-0.3, -0.25) is 4.79 Å². The number of thiophene rings is 1. The number of esters is 1. The second-order valence-corrected chi connectivity index (χ2v) is 8.86. The van der Waals surface area contributed by atoms with E-state index in [0.717, 1.165) is 18.4 Å². The summed E-state index contributed by atoms with van der Waals surface area (Å²) in [5, 5.41) is 11.3. The summed E-state index contributed by atoms with van der Waals surface area (Å²) < 4.78 is 10.7. The van der Waals surface area contributed by atoms with E-state index >= 15 is 0 Å². The van der Waals surface area contributed by atoms with Crippen LogP contribution in [0.2, 0.25) is 0 Å². The van der Waals surface area contributed by atoms with Crippen LogP contribution < -0.4 is 10.2 Å². The van der Waals surface area contributed by atoms with E-state index in [1.165, 1.54) is 18.4 Å². The highest BCUT2D eigenvalue weighted by Crippen LogP contribution is 2.41. The summed E-state index contributed by atoms with van der Waals surface area (Å²) in [6, 6.07) is 11.4. The van der Waals surface area contributed by atoms with E-state index in [1.54, 1.807) is 0 Å². The lowest BCUT2D eigenvalue weighted by molar-refractivity contribution is 0.0601. The maximum atomic E-state index is 12.6. The zero-order valence-electron chi connectivity index (χ0n) is 17.1. The molecule has 1 saturated heterocycles. The van der Waals surface area contributed by atoms with Crippen LogP contribution in [0, 0.1) is 11.8 Å². The average molecular weight is 438 g/mol. The highest BCUT2D eigenvalue weighted by atomic mass is 32.1. The minimum absolute atomic E-state index is 0.0142. The molecule has 1 N–H and O–H groups in total. The molecule has 3 heterocycles. The van der Waals surface area contributed by atoms with Crippen LogP contribution in [-0.4, -0.2) is 43.3 Å². The molecule has 3 atom stereocenters. The van der Waals surface area contributed by atoms with E-state index in [9.17, 15) is 9.59 Å². The molecule has 2 fully saturated rings. The maximum absolute atomic E-state index is 12.6. The molecule has 1 aliphatic heterocycles. The Morgan fingerprint density at radius 2 is 1.90 bits per heavy atom. The monoisotopic (exact) mass is 437 g/mol. The van der Waals surface area contributed by atoms with Crippen LogP contribution in [0.3, 0.4) is 0 Å². The van der Waals surface area contributed by atoms with Crippen molar-refractivity contribution < 1.29 is 18.8 Å². The number of piperidine rings is 1. The van der Waals surface area contributed by atoms with Gasteiger partial charge in [-0.15, -0.1) is 0 Å². The van der Waals surface area contributed by atoms with Crippen LogP contribution in [0.1, 0.15) is 33.6 Å². The first-order valence-corrected chi connectivity index (χ1v) is 11.3. The number of amides is 1. The summed E-state index contributed by atoms with van der Waals surface area (Å²) in [6.07, 6.45) is 2.07. The van der Waals surface area contributed by atoms with E-state index in [-0.39, 0.29) is 11.9 Å². The van der Waals surface area contributed by atoms with Crippen molar-refractivity contribution in [2.24, 2.45) is 11.8 Å². The lowest BCUT2D eigenvalue weighted by atomic mass is 9.91. The topological polar surface area (TPSA) is 84.7 Å². The number of ether oxygens (including phenoxy) is 1. The molecule has 1 unspecified atom stereocenters. The van der Waals surface area contributed by atoms with Crippen LogP contribution in [0.5, 0.6) is 0 Å². The summed E-state index contributed by atoms with van der Waals surface area (Å²) in [5.74, 6) is 1.05. The first-order chi connectivity index (χ1) is 15.2. The van der Waals surface area contributed by atoms with Gasteiger partial charge in [0.05, 0.1) is 7.11 Å². The number of hydrogen-bond acceptors (Lipinski definition) is 7. The fraction of sp³-hybridized carbons (Fsp3) is 0.348.